The van der Waals surface area contributed by atoms with Crippen molar-refractivity contribution in [2.75, 3.05) is 7.11 Å². The molecule has 3 aromatic rings. The van der Waals surface area contributed by atoms with Crippen molar-refractivity contribution < 1.29 is 4.74 Å². The minimum absolute atomic E-state index is 0.870. The van der Waals surface area contributed by atoms with E-state index in [-0.39, 0.29) is 0 Å². The van der Waals surface area contributed by atoms with Gasteiger partial charge in [-0.1, -0.05) is 54.3 Å². The van der Waals surface area contributed by atoms with Crippen molar-refractivity contribution in [2.45, 2.75) is 0 Å². The highest BCUT2D eigenvalue weighted by Crippen LogP contribution is 2.22. The Labute approximate surface area is 131 Å². The molecule has 0 unspecified atom stereocenters. The second-order valence-corrected chi connectivity index (χ2v) is 4.92. The zero-order chi connectivity index (χ0) is 15.2. The molecule has 0 fully saturated rings. The van der Waals surface area contributed by atoms with Crippen LogP contribution < -0.4 is 4.74 Å². The van der Waals surface area contributed by atoms with E-state index in [2.05, 4.69) is 48.2 Å². The van der Waals surface area contributed by atoms with Crippen LogP contribution in [0.5, 0.6) is 5.75 Å². The average Bonchev–Trinajstić information content (AvgIpc) is 2.61. The van der Waals surface area contributed by atoms with Crippen molar-refractivity contribution in [2.24, 2.45) is 0 Å². The first-order valence-electron chi connectivity index (χ1n) is 7.17. The van der Waals surface area contributed by atoms with Crippen LogP contribution in [0.2, 0.25) is 0 Å². The molecule has 0 saturated heterocycles. The summed E-state index contributed by atoms with van der Waals surface area (Å²) >= 11 is 0. The van der Waals surface area contributed by atoms with Gasteiger partial charge in [0.15, 0.2) is 0 Å². The standard InChI is InChI=1S/C21H16O/c1-22-21-15-13-20(14-16-21)19-11-9-18(10-12-19)8-7-17-5-3-2-4-6-17/h2-6,9-16H,1H3. The molecule has 0 bridgehead atoms. The Morgan fingerprint density at radius 1 is 0.591 bits per heavy atom. The monoisotopic (exact) mass is 284 g/mol. The number of hydrogen-bond donors (Lipinski definition) is 0. The van der Waals surface area contributed by atoms with Gasteiger partial charge in [0, 0.05) is 11.1 Å². The van der Waals surface area contributed by atoms with Gasteiger partial charge in [0.1, 0.15) is 5.75 Å². The number of hydrogen-bond acceptors (Lipinski definition) is 1. The summed E-state index contributed by atoms with van der Waals surface area (Å²) < 4.78 is 5.18. The van der Waals surface area contributed by atoms with Gasteiger partial charge in [0.2, 0.25) is 0 Å². The van der Waals surface area contributed by atoms with Gasteiger partial charge in [-0.05, 0) is 47.5 Å². The second kappa shape index (κ2) is 6.65. The Hall–Kier alpha value is -2.98. The maximum atomic E-state index is 5.18. The molecular formula is C21H16O. The summed E-state index contributed by atoms with van der Waals surface area (Å²) in [4.78, 5) is 0. The van der Waals surface area contributed by atoms with E-state index in [0.717, 1.165) is 16.9 Å². The van der Waals surface area contributed by atoms with Gasteiger partial charge in [-0.2, -0.15) is 0 Å². The molecule has 0 radical (unpaired) electrons. The van der Waals surface area contributed by atoms with Gasteiger partial charge in [0.05, 0.1) is 7.11 Å². The molecule has 106 valence electrons. The Balaban J connectivity index is 1.79. The van der Waals surface area contributed by atoms with E-state index in [0.29, 0.717) is 0 Å². The number of benzene rings is 3. The van der Waals surface area contributed by atoms with Crippen LogP contribution in [0.25, 0.3) is 11.1 Å². The third-order valence-corrected chi connectivity index (χ3v) is 3.43. The van der Waals surface area contributed by atoms with Crippen LogP contribution in [0.4, 0.5) is 0 Å². The minimum Gasteiger partial charge on any atom is -0.497 e. The molecule has 22 heavy (non-hydrogen) atoms. The van der Waals surface area contributed by atoms with E-state index in [1.165, 1.54) is 11.1 Å². The number of rotatable bonds is 2. The summed E-state index contributed by atoms with van der Waals surface area (Å²) in [5.74, 6) is 7.23. The highest BCUT2D eigenvalue weighted by molar-refractivity contribution is 5.65. The predicted octanol–water partition coefficient (Wildman–Crippen LogP) is 4.76. The molecule has 0 aromatic heterocycles. The molecule has 0 heterocycles. The van der Waals surface area contributed by atoms with Crippen molar-refractivity contribution in [1.82, 2.24) is 0 Å². The SMILES string of the molecule is COc1ccc(-c2ccc(C#Cc3ccccc3)cc2)cc1. The summed E-state index contributed by atoms with van der Waals surface area (Å²) in [5, 5.41) is 0. The molecule has 3 rings (SSSR count). The summed E-state index contributed by atoms with van der Waals surface area (Å²) in [6, 6.07) is 26.4. The van der Waals surface area contributed by atoms with Crippen LogP contribution >= 0.6 is 0 Å². The van der Waals surface area contributed by atoms with Crippen molar-refractivity contribution in [3.05, 3.63) is 90.0 Å². The third-order valence-electron chi connectivity index (χ3n) is 3.43. The zero-order valence-corrected chi connectivity index (χ0v) is 12.4. The molecule has 0 saturated carbocycles. The van der Waals surface area contributed by atoms with Crippen LogP contribution in [0, 0.1) is 11.8 Å². The van der Waals surface area contributed by atoms with Gasteiger partial charge >= 0.3 is 0 Å². The number of methoxy groups -OCH3 is 1. The lowest BCUT2D eigenvalue weighted by atomic mass is 10.0. The van der Waals surface area contributed by atoms with E-state index in [4.69, 9.17) is 4.74 Å². The molecule has 0 atom stereocenters. The van der Waals surface area contributed by atoms with E-state index in [9.17, 15) is 0 Å². The molecule has 1 heteroatoms. The van der Waals surface area contributed by atoms with Crippen molar-refractivity contribution >= 4 is 0 Å². The quantitative estimate of drug-likeness (QED) is 0.616. The van der Waals surface area contributed by atoms with Crippen molar-refractivity contribution in [3.63, 3.8) is 0 Å². The Bertz CT molecular complexity index is 789. The van der Waals surface area contributed by atoms with Gasteiger partial charge < -0.3 is 4.74 Å². The zero-order valence-electron chi connectivity index (χ0n) is 12.4. The third kappa shape index (κ3) is 3.37. The maximum Gasteiger partial charge on any atom is 0.118 e. The van der Waals surface area contributed by atoms with E-state index >= 15 is 0 Å². The summed E-state index contributed by atoms with van der Waals surface area (Å²) in [6.45, 7) is 0. The van der Waals surface area contributed by atoms with Crippen LogP contribution in [-0.4, -0.2) is 7.11 Å². The molecular weight excluding hydrogens is 268 g/mol. The van der Waals surface area contributed by atoms with Crippen LogP contribution in [0.3, 0.4) is 0 Å². The highest BCUT2D eigenvalue weighted by atomic mass is 16.5. The number of ether oxygens (including phenoxy) is 1. The molecule has 0 aliphatic rings. The smallest absolute Gasteiger partial charge is 0.118 e. The van der Waals surface area contributed by atoms with Gasteiger partial charge in [-0.25, -0.2) is 0 Å². The summed E-state index contributed by atoms with van der Waals surface area (Å²) in [7, 11) is 1.68. The fourth-order valence-electron chi connectivity index (χ4n) is 2.20. The average molecular weight is 284 g/mol. The van der Waals surface area contributed by atoms with Crippen LogP contribution in [-0.2, 0) is 0 Å². The Kier molecular flexibility index (Phi) is 4.22. The lowest BCUT2D eigenvalue weighted by Crippen LogP contribution is -1.83. The second-order valence-electron chi connectivity index (χ2n) is 4.92. The predicted molar refractivity (Wildman–Crippen MR) is 90.9 cm³/mol. The van der Waals surface area contributed by atoms with Crippen LogP contribution in [0.1, 0.15) is 11.1 Å². The molecule has 1 nitrogen and oxygen atoms in total. The van der Waals surface area contributed by atoms with Gasteiger partial charge in [-0.3, -0.25) is 0 Å². The molecule has 0 N–H and O–H groups in total. The molecule has 0 spiro atoms. The van der Waals surface area contributed by atoms with Gasteiger partial charge in [0.25, 0.3) is 0 Å². The lowest BCUT2D eigenvalue weighted by molar-refractivity contribution is 0.415. The molecule has 3 aromatic carbocycles. The van der Waals surface area contributed by atoms with Crippen molar-refractivity contribution in [1.29, 1.82) is 0 Å². The Morgan fingerprint density at radius 3 is 1.64 bits per heavy atom. The molecule has 0 aliphatic heterocycles. The lowest BCUT2D eigenvalue weighted by Gasteiger charge is -2.03. The first-order valence-corrected chi connectivity index (χ1v) is 7.17. The molecule has 0 amide bonds. The normalized spacial score (nSPS) is 9.68. The van der Waals surface area contributed by atoms with E-state index in [1.54, 1.807) is 7.11 Å². The first-order chi connectivity index (χ1) is 10.8. The van der Waals surface area contributed by atoms with Gasteiger partial charge in [-0.15, -0.1) is 0 Å². The summed E-state index contributed by atoms with van der Waals surface area (Å²) in [5.41, 5.74) is 4.39. The van der Waals surface area contributed by atoms with Crippen LogP contribution in [0.15, 0.2) is 78.9 Å². The largest absolute Gasteiger partial charge is 0.497 e. The first kappa shape index (κ1) is 14.0. The fourth-order valence-corrected chi connectivity index (χ4v) is 2.20. The Morgan fingerprint density at radius 2 is 1.09 bits per heavy atom. The molecule has 0 aliphatic carbocycles. The highest BCUT2D eigenvalue weighted by Gasteiger charge is 1.98. The summed E-state index contributed by atoms with van der Waals surface area (Å²) in [6.07, 6.45) is 0. The maximum absolute atomic E-state index is 5.18. The van der Waals surface area contributed by atoms with E-state index < -0.39 is 0 Å². The topological polar surface area (TPSA) is 9.23 Å². The minimum atomic E-state index is 0.870. The van der Waals surface area contributed by atoms with E-state index in [1.807, 2.05) is 42.5 Å². The fraction of sp³-hybridized carbons (Fsp3) is 0.0476. The van der Waals surface area contributed by atoms with Crippen molar-refractivity contribution in [3.8, 4) is 28.7 Å².